The van der Waals surface area contributed by atoms with Crippen molar-refractivity contribution in [2.24, 2.45) is 5.92 Å². The van der Waals surface area contributed by atoms with Crippen LogP contribution in [0.3, 0.4) is 0 Å². The fourth-order valence-electron chi connectivity index (χ4n) is 2.77. The van der Waals surface area contributed by atoms with Crippen LogP contribution < -0.4 is 0 Å². The minimum atomic E-state index is -1.09. The van der Waals surface area contributed by atoms with E-state index in [1.54, 1.807) is 0 Å². The van der Waals surface area contributed by atoms with Gasteiger partial charge >= 0.3 is 5.97 Å². The zero-order chi connectivity index (χ0) is 14.6. The second-order valence-electron chi connectivity index (χ2n) is 5.69. The molecule has 0 amide bonds. The summed E-state index contributed by atoms with van der Waals surface area (Å²) in [4.78, 5) is 12.4. The Hall–Kier alpha value is -0.690. The monoisotopic (exact) mass is 275 g/mol. The van der Waals surface area contributed by atoms with Crippen molar-refractivity contribution < 1.29 is 25.2 Å². The molecule has 0 aromatic carbocycles. The molecule has 0 unspecified atom stereocenters. The van der Waals surface area contributed by atoms with Crippen LogP contribution in [-0.2, 0) is 4.79 Å². The number of hydrogen-bond donors (Lipinski definition) is 4. The van der Waals surface area contributed by atoms with Crippen molar-refractivity contribution in [1.29, 1.82) is 0 Å². The van der Waals surface area contributed by atoms with Crippen LogP contribution >= 0.6 is 0 Å². The highest BCUT2D eigenvalue weighted by Gasteiger charge is 2.47. The van der Waals surface area contributed by atoms with Gasteiger partial charge < -0.3 is 20.4 Å². The molecule has 0 bridgehead atoms. The lowest BCUT2D eigenvalue weighted by molar-refractivity contribution is -0.139. The van der Waals surface area contributed by atoms with Crippen molar-refractivity contribution in [3.8, 4) is 0 Å². The number of carboxylic acids is 1. The SMILES string of the molecule is CC(C)CCC[C@@H]1[C@@H](O)[C@H](O)[C@@H](CO)N1CC(=O)O. The molecule has 1 heterocycles. The van der Waals surface area contributed by atoms with Crippen LogP contribution in [0.4, 0.5) is 0 Å². The molecule has 4 atom stereocenters. The van der Waals surface area contributed by atoms with Gasteiger partial charge in [0.2, 0.25) is 0 Å². The molecule has 6 heteroatoms. The van der Waals surface area contributed by atoms with Gasteiger partial charge in [0.05, 0.1) is 31.4 Å². The summed E-state index contributed by atoms with van der Waals surface area (Å²) in [5, 5.41) is 38.1. The average molecular weight is 275 g/mol. The number of aliphatic hydroxyl groups is 3. The summed E-state index contributed by atoms with van der Waals surface area (Å²) in [6.45, 7) is 3.58. The number of aliphatic hydroxyl groups excluding tert-OH is 3. The van der Waals surface area contributed by atoms with Gasteiger partial charge in [0.1, 0.15) is 0 Å². The van der Waals surface area contributed by atoms with Crippen LogP contribution in [-0.4, -0.2) is 68.7 Å². The van der Waals surface area contributed by atoms with Gasteiger partial charge in [-0.2, -0.15) is 0 Å². The maximum Gasteiger partial charge on any atom is 0.317 e. The summed E-state index contributed by atoms with van der Waals surface area (Å²) in [7, 11) is 0. The van der Waals surface area contributed by atoms with E-state index in [9.17, 15) is 20.1 Å². The molecule has 0 radical (unpaired) electrons. The summed E-state index contributed by atoms with van der Waals surface area (Å²) in [5.41, 5.74) is 0. The highest BCUT2D eigenvalue weighted by molar-refractivity contribution is 5.69. The van der Waals surface area contributed by atoms with E-state index in [-0.39, 0.29) is 13.2 Å². The predicted molar refractivity (Wildman–Crippen MR) is 69.7 cm³/mol. The smallest absolute Gasteiger partial charge is 0.317 e. The first kappa shape index (κ1) is 16.4. The molecule has 0 saturated carbocycles. The number of aliphatic carboxylic acids is 1. The van der Waals surface area contributed by atoms with E-state index in [0.29, 0.717) is 12.3 Å². The van der Waals surface area contributed by atoms with Gasteiger partial charge in [-0.05, 0) is 12.3 Å². The number of rotatable bonds is 7. The van der Waals surface area contributed by atoms with Gasteiger partial charge in [0.15, 0.2) is 0 Å². The number of hydrogen-bond acceptors (Lipinski definition) is 5. The molecule has 6 nitrogen and oxygen atoms in total. The summed E-state index contributed by atoms with van der Waals surface area (Å²) in [6.07, 6.45) is 0.391. The summed E-state index contributed by atoms with van der Waals surface area (Å²) >= 11 is 0. The Bertz CT molecular complexity index is 297. The molecule has 0 aliphatic carbocycles. The summed E-state index contributed by atoms with van der Waals surface area (Å²) < 4.78 is 0. The summed E-state index contributed by atoms with van der Waals surface area (Å²) in [5.74, 6) is -0.473. The predicted octanol–water partition coefficient (Wildman–Crippen LogP) is -0.336. The lowest BCUT2D eigenvalue weighted by Gasteiger charge is -2.28. The Morgan fingerprint density at radius 2 is 1.79 bits per heavy atom. The van der Waals surface area contributed by atoms with Crippen LogP contribution in [0.15, 0.2) is 0 Å². The molecular weight excluding hydrogens is 250 g/mol. The second kappa shape index (κ2) is 7.19. The number of carboxylic acid groups (broad SMARTS) is 1. The number of nitrogens with zero attached hydrogens (tertiary/aromatic N) is 1. The maximum absolute atomic E-state index is 10.9. The van der Waals surface area contributed by atoms with Gasteiger partial charge in [-0.15, -0.1) is 0 Å². The fraction of sp³-hybridized carbons (Fsp3) is 0.923. The lowest BCUT2D eigenvalue weighted by Crippen LogP contribution is -2.44. The first-order valence-electron chi connectivity index (χ1n) is 6.83. The Balaban J connectivity index is 2.69. The normalized spacial score (nSPS) is 32.1. The third kappa shape index (κ3) is 4.14. The Kier molecular flexibility index (Phi) is 6.19. The molecule has 0 aromatic rings. The quantitative estimate of drug-likeness (QED) is 0.507. The standard InChI is InChI=1S/C13H25NO5/c1-8(2)4-3-5-9-12(18)13(19)10(7-15)14(9)6-11(16)17/h8-10,12-13,15,18-19H,3-7H2,1-2H3,(H,16,17)/t9-,10-,12-,13-/m1/s1. The fourth-order valence-corrected chi connectivity index (χ4v) is 2.77. The zero-order valence-corrected chi connectivity index (χ0v) is 11.6. The largest absolute Gasteiger partial charge is 0.480 e. The van der Waals surface area contributed by atoms with E-state index in [0.717, 1.165) is 12.8 Å². The zero-order valence-electron chi connectivity index (χ0n) is 11.6. The molecule has 0 aromatic heterocycles. The lowest BCUT2D eigenvalue weighted by atomic mass is 9.99. The highest BCUT2D eigenvalue weighted by Crippen LogP contribution is 2.28. The van der Waals surface area contributed by atoms with Crippen molar-refractivity contribution >= 4 is 5.97 Å². The number of carbonyl (C=O) groups is 1. The van der Waals surface area contributed by atoms with Gasteiger partial charge in [0, 0.05) is 6.04 Å². The molecular formula is C13H25NO5. The third-order valence-corrected chi connectivity index (χ3v) is 3.78. The van der Waals surface area contributed by atoms with E-state index < -0.39 is 30.3 Å². The minimum absolute atomic E-state index is 0.272. The molecule has 1 fully saturated rings. The molecule has 1 aliphatic heterocycles. The first-order valence-corrected chi connectivity index (χ1v) is 6.83. The highest BCUT2D eigenvalue weighted by atomic mass is 16.4. The first-order chi connectivity index (χ1) is 8.88. The van der Waals surface area contributed by atoms with Crippen LogP contribution in [0.2, 0.25) is 0 Å². The van der Waals surface area contributed by atoms with Crippen molar-refractivity contribution in [2.75, 3.05) is 13.2 Å². The Morgan fingerprint density at radius 3 is 2.26 bits per heavy atom. The van der Waals surface area contributed by atoms with Crippen LogP contribution in [0, 0.1) is 5.92 Å². The van der Waals surface area contributed by atoms with Crippen LogP contribution in [0.5, 0.6) is 0 Å². The molecule has 19 heavy (non-hydrogen) atoms. The van der Waals surface area contributed by atoms with E-state index >= 15 is 0 Å². The Morgan fingerprint density at radius 1 is 1.21 bits per heavy atom. The van der Waals surface area contributed by atoms with E-state index in [2.05, 4.69) is 13.8 Å². The van der Waals surface area contributed by atoms with Crippen molar-refractivity contribution in [3.63, 3.8) is 0 Å². The molecule has 1 aliphatic rings. The molecule has 1 rings (SSSR count). The van der Waals surface area contributed by atoms with Crippen molar-refractivity contribution in [3.05, 3.63) is 0 Å². The van der Waals surface area contributed by atoms with E-state index in [1.807, 2.05) is 0 Å². The van der Waals surface area contributed by atoms with Crippen molar-refractivity contribution in [1.82, 2.24) is 4.90 Å². The van der Waals surface area contributed by atoms with Gasteiger partial charge in [-0.25, -0.2) is 0 Å². The molecule has 1 saturated heterocycles. The van der Waals surface area contributed by atoms with Crippen LogP contribution in [0.25, 0.3) is 0 Å². The van der Waals surface area contributed by atoms with Crippen molar-refractivity contribution in [2.45, 2.75) is 57.4 Å². The average Bonchev–Trinajstić information content (AvgIpc) is 2.52. The van der Waals surface area contributed by atoms with E-state index in [1.165, 1.54) is 4.90 Å². The van der Waals surface area contributed by atoms with Gasteiger partial charge in [-0.3, -0.25) is 9.69 Å². The summed E-state index contributed by atoms with van der Waals surface area (Å²) in [6, 6.07) is -1.10. The minimum Gasteiger partial charge on any atom is -0.480 e. The molecule has 4 N–H and O–H groups in total. The topological polar surface area (TPSA) is 101 Å². The Labute approximate surface area is 113 Å². The van der Waals surface area contributed by atoms with E-state index in [4.69, 9.17) is 5.11 Å². The maximum atomic E-state index is 10.9. The van der Waals surface area contributed by atoms with Gasteiger partial charge in [0.25, 0.3) is 0 Å². The molecule has 0 spiro atoms. The molecule has 112 valence electrons. The van der Waals surface area contributed by atoms with Gasteiger partial charge in [-0.1, -0.05) is 26.7 Å². The third-order valence-electron chi connectivity index (χ3n) is 3.78. The van der Waals surface area contributed by atoms with Crippen LogP contribution in [0.1, 0.15) is 33.1 Å². The number of likely N-dealkylation sites (tertiary alicyclic amines) is 1. The second-order valence-corrected chi connectivity index (χ2v) is 5.69.